The van der Waals surface area contributed by atoms with Gasteiger partial charge in [0.25, 0.3) is 10.0 Å². The number of fused-ring (bicyclic) bond motifs is 1. The number of carbonyl (C=O) groups is 1. The highest BCUT2D eigenvalue weighted by Crippen LogP contribution is 2.23. The van der Waals surface area contributed by atoms with E-state index in [0.717, 1.165) is 17.1 Å². The number of sulfonamides is 1. The van der Waals surface area contributed by atoms with Crippen LogP contribution in [0, 0.1) is 13.8 Å². The van der Waals surface area contributed by atoms with E-state index in [2.05, 4.69) is 15.0 Å². The number of hydrogen-bond acceptors (Lipinski definition) is 5. The lowest BCUT2D eigenvalue weighted by molar-refractivity contribution is -0.121. The fourth-order valence-electron chi connectivity index (χ4n) is 2.99. The number of aliphatic imine (C=N–C) groups is 1. The van der Waals surface area contributed by atoms with Gasteiger partial charge < -0.3 is 9.73 Å². The van der Waals surface area contributed by atoms with Crippen molar-refractivity contribution in [1.29, 1.82) is 0 Å². The number of aryl methyl sites for hydroxylation is 2. The first-order valence-electron chi connectivity index (χ1n) is 8.31. The highest BCUT2D eigenvalue weighted by molar-refractivity contribution is 7.90. The molecular formula is C18H21N3O4S. The summed E-state index contributed by atoms with van der Waals surface area (Å²) < 4.78 is 31.9. The van der Waals surface area contributed by atoms with E-state index in [0.29, 0.717) is 5.56 Å². The number of benzene rings is 1. The van der Waals surface area contributed by atoms with Crippen molar-refractivity contribution in [2.45, 2.75) is 38.1 Å². The molecule has 1 amide bonds. The van der Waals surface area contributed by atoms with Crippen LogP contribution in [0.4, 0.5) is 0 Å². The average Bonchev–Trinajstić information content (AvgIpc) is 3.04. The lowest BCUT2D eigenvalue weighted by atomic mass is 10.1. The van der Waals surface area contributed by atoms with Gasteiger partial charge in [0, 0.05) is 17.5 Å². The van der Waals surface area contributed by atoms with Crippen LogP contribution in [0.5, 0.6) is 0 Å². The summed E-state index contributed by atoms with van der Waals surface area (Å²) in [6.07, 6.45) is 0.160. The van der Waals surface area contributed by atoms with Gasteiger partial charge in [-0.15, -0.1) is 0 Å². The van der Waals surface area contributed by atoms with Crippen LogP contribution in [0.3, 0.4) is 0 Å². The molecule has 1 aromatic carbocycles. The number of amidine groups is 1. The summed E-state index contributed by atoms with van der Waals surface area (Å²) >= 11 is 0. The van der Waals surface area contributed by atoms with E-state index in [9.17, 15) is 13.2 Å². The summed E-state index contributed by atoms with van der Waals surface area (Å²) in [5.41, 5.74) is 1.48. The molecule has 1 atom stereocenters. The minimum atomic E-state index is -3.55. The second kappa shape index (κ2) is 6.95. The average molecular weight is 375 g/mol. The Morgan fingerprint density at radius 3 is 2.73 bits per heavy atom. The summed E-state index contributed by atoms with van der Waals surface area (Å²) in [5.74, 6) is 1.71. The van der Waals surface area contributed by atoms with Gasteiger partial charge in [0.05, 0.1) is 17.5 Å². The summed E-state index contributed by atoms with van der Waals surface area (Å²) in [5, 5.41) is 2.90. The van der Waals surface area contributed by atoms with Crippen LogP contribution in [0.15, 0.2) is 44.6 Å². The van der Waals surface area contributed by atoms with Gasteiger partial charge in [-0.05, 0) is 39.0 Å². The van der Waals surface area contributed by atoms with Gasteiger partial charge in [-0.3, -0.25) is 14.5 Å². The zero-order valence-corrected chi connectivity index (χ0v) is 15.7. The summed E-state index contributed by atoms with van der Waals surface area (Å²) in [4.78, 5) is 16.6. The standard InChI is InChI=1S/C18H21N3O4S/c1-11-10-15(13(3)25-11)12(2)20-17(22)8-9-19-18-14-6-4-5-7-16(14)26(23,24)21-18/h4-7,10,12H,8-9H2,1-3H3,(H,19,21)(H,20,22)/t12-/m0/s1. The lowest BCUT2D eigenvalue weighted by Gasteiger charge is -2.12. The van der Waals surface area contributed by atoms with E-state index in [-0.39, 0.29) is 35.6 Å². The van der Waals surface area contributed by atoms with Crippen LogP contribution in [-0.4, -0.2) is 26.7 Å². The van der Waals surface area contributed by atoms with Gasteiger partial charge in [0.2, 0.25) is 5.91 Å². The molecule has 8 heteroatoms. The normalized spacial score (nSPS) is 17.6. The molecule has 26 heavy (non-hydrogen) atoms. The highest BCUT2D eigenvalue weighted by atomic mass is 32.2. The number of amides is 1. The Morgan fingerprint density at radius 1 is 1.31 bits per heavy atom. The molecule has 0 radical (unpaired) electrons. The summed E-state index contributed by atoms with van der Waals surface area (Å²) in [6.45, 7) is 5.80. The quantitative estimate of drug-likeness (QED) is 0.836. The maximum Gasteiger partial charge on any atom is 0.263 e. The first-order chi connectivity index (χ1) is 12.3. The van der Waals surface area contributed by atoms with Crippen LogP contribution < -0.4 is 10.0 Å². The van der Waals surface area contributed by atoms with Crippen molar-refractivity contribution < 1.29 is 17.6 Å². The zero-order valence-electron chi connectivity index (χ0n) is 14.9. The molecule has 0 saturated carbocycles. The van der Waals surface area contributed by atoms with Crippen molar-refractivity contribution in [1.82, 2.24) is 10.0 Å². The van der Waals surface area contributed by atoms with Gasteiger partial charge in [-0.1, -0.05) is 12.1 Å². The van der Waals surface area contributed by atoms with Crippen molar-refractivity contribution in [3.05, 3.63) is 53.0 Å². The maximum atomic E-state index is 12.1. The van der Waals surface area contributed by atoms with Crippen molar-refractivity contribution in [3.63, 3.8) is 0 Å². The van der Waals surface area contributed by atoms with E-state index in [1.54, 1.807) is 18.2 Å². The van der Waals surface area contributed by atoms with Crippen LogP contribution in [0.2, 0.25) is 0 Å². The van der Waals surface area contributed by atoms with Crippen LogP contribution in [0.1, 0.15) is 42.0 Å². The Hall–Kier alpha value is -2.61. The predicted molar refractivity (Wildman–Crippen MR) is 97.5 cm³/mol. The minimum absolute atomic E-state index is 0.158. The maximum absolute atomic E-state index is 12.1. The first-order valence-corrected chi connectivity index (χ1v) is 9.79. The number of rotatable bonds is 5. The third-order valence-electron chi connectivity index (χ3n) is 4.19. The Balaban J connectivity index is 1.61. The molecule has 2 N–H and O–H groups in total. The molecule has 0 saturated heterocycles. The Kier molecular flexibility index (Phi) is 4.86. The number of hydrogen-bond donors (Lipinski definition) is 2. The first kappa shape index (κ1) is 18.2. The van der Waals surface area contributed by atoms with Crippen molar-refractivity contribution in [3.8, 4) is 0 Å². The lowest BCUT2D eigenvalue weighted by Crippen LogP contribution is -2.27. The van der Waals surface area contributed by atoms with Crippen LogP contribution >= 0.6 is 0 Å². The molecule has 138 valence electrons. The molecule has 0 bridgehead atoms. The number of furan rings is 1. The molecule has 2 aromatic rings. The molecule has 0 fully saturated rings. The third kappa shape index (κ3) is 3.65. The van der Waals surface area contributed by atoms with E-state index in [1.807, 2.05) is 26.8 Å². The van der Waals surface area contributed by atoms with Gasteiger partial charge in [0.1, 0.15) is 17.4 Å². The number of carbonyl (C=O) groups excluding carboxylic acids is 1. The molecular weight excluding hydrogens is 354 g/mol. The monoisotopic (exact) mass is 375 g/mol. The molecule has 3 rings (SSSR count). The fourth-order valence-corrected chi connectivity index (χ4v) is 4.24. The van der Waals surface area contributed by atoms with Crippen LogP contribution in [-0.2, 0) is 14.8 Å². The van der Waals surface area contributed by atoms with E-state index in [1.165, 1.54) is 6.07 Å². The molecule has 0 unspecified atom stereocenters. The third-order valence-corrected chi connectivity index (χ3v) is 5.59. The van der Waals surface area contributed by atoms with E-state index < -0.39 is 10.0 Å². The van der Waals surface area contributed by atoms with Gasteiger partial charge in [-0.25, -0.2) is 8.42 Å². The Morgan fingerprint density at radius 2 is 2.04 bits per heavy atom. The topological polar surface area (TPSA) is 101 Å². The van der Waals surface area contributed by atoms with E-state index in [4.69, 9.17) is 4.42 Å². The largest absolute Gasteiger partial charge is 0.466 e. The van der Waals surface area contributed by atoms with Crippen LogP contribution in [0.25, 0.3) is 0 Å². The van der Waals surface area contributed by atoms with Gasteiger partial charge >= 0.3 is 0 Å². The van der Waals surface area contributed by atoms with Gasteiger partial charge in [-0.2, -0.15) is 0 Å². The zero-order chi connectivity index (χ0) is 18.9. The molecule has 1 aliphatic heterocycles. The molecule has 2 heterocycles. The smallest absolute Gasteiger partial charge is 0.263 e. The molecule has 0 spiro atoms. The minimum Gasteiger partial charge on any atom is -0.466 e. The predicted octanol–water partition coefficient (Wildman–Crippen LogP) is 2.20. The second-order valence-electron chi connectivity index (χ2n) is 6.24. The number of nitrogens with one attached hydrogen (secondary N) is 2. The highest BCUT2D eigenvalue weighted by Gasteiger charge is 2.29. The Labute approximate surface area is 152 Å². The molecule has 7 nitrogen and oxygen atoms in total. The van der Waals surface area contributed by atoms with Gasteiger partial charge in [0.15, 0.2) is 0 Å². The number of nitrogens with zero attached hydrogens (tertiary/aromatic N) is 1. The van der Waals surface area contributed by atoms with Crippen molar-refractivity contribution in [2.75, 3.05) is 6.54 Å². The second-order valence-corrected chi connectivity index (χ2v) is 7.89. The van der Waals surface area contributed by atoms with Crippen molar-refractivity contribution >= 4 is 21.8 Å². The summed E-state index contributed by atoms with van der Waals surface area (Å²) in [6, 6.07) is 8.38. The molecule has 1 aromatic heterocycles. The Bertz CT molecular complexity index is 976. The SMILES string of the molecule is Cc1cc([C@H](C)NC(=O)CCN=C2NS(=O)(=O)c3ccccc32)c(C)o1. The molecule has 0 aliphatic carbocycles. The van der Waals surface area contributed by atoms with E-state index >= 15 is 0 Å². The fraction of sp³-hybridized carbons (Fsp3) is 0.333. The molecule has 1 aliphatic rings. The van der Waals surface area contributed by atoms with Crippen molar-refractivity contribution in [2.24, 2.45) is 4.99 Å². The summed E-state index contributed by atoms with van der Waals surface area (Å²) in [7, 11) is -3.55.